The molecule has 1 saturated heterocycles. The van der Waals surface area contributed by atoms with Crippen LogP contribution in [0.1, 0.15) is 5.56 Å². The summed E-state index contributed by atoms with van der Waals surface area (Å²) in [4.78, 5) is 15.7. The fourth-order valence-corrected chi connectivity index (χ4v) is 2.87. The highest BCUT2D eigenvalue weighted by molar-refractivity contribution is 7.13. The van der Waals surface area contributed by atoms with Crippen LogP contribution in [0.15, 0.2) is 23.7 Å². The van der Waals surface area contributed by atoms with Crippen LogP contribution in [-0.2, 0) is 0 Å². The van der Waals surface area contributed by atoms with Crippen molar-refractivity contribution in [1.29, 1.82) is 5.26 Å². The van der Waals surface area contributed by atoms with Crippen molar-refractivity contribution in [3.8, 4) is 6.07 Å². The molecule has 0 saturated carbocycles. The van der Waals surface area contributed by atoms with Crippen molar-refractivity contribution in [2.45, 2.75) is 0 Å². The summed E-state index contributed by atoms with van der Waals surface area (Å²) in [5.41, 5.74) is 2.15. The van der Waals surface area contributed by atoms with Crippen LogP contribution in [0.25, 0.3) is 0 Å². The molecule has 2 amide bonds. The Morgan fingerprint density at radius 2 is 2.13 bits per heavy atom. The van der Waals surface area contributed by atoms with Gasteiger partial charge in [-0.05, 0) is 12.1 Å². The maximum Gasteiger partial charge on any atom is 0.323 e. The number of hydrogen-bond donors (Lipinski definition) is 1. The number of anilines is 2. The van der Waals surface area contributed by atoms with Crippen molar-refractivity contribution in [2.24, 2.45) is 0 Å². The van der Waals surface area contributed by atoms with E-state index in [1.54, 1.807) is 22.5 Å². The van der Waals surface area contributed by atoms with Gasteiger partial charge in [-0.1, -0.05) is 17.4 Å². The smallest absolute Gasteiger partial charge is 0.323 e. The predicted octanol–water partition coefficient (Wildman–Crippen LogP) is 1.90. The van der Waals surface area contributed by atoms with E-state index in [1.165, 1.54) is 17.4 Å². The molecule has 0 unspecified atom stereocenters. The number of aromatic nitrogens is 2. The molecule has 0 aliphatic carbocycles. The topological polar surface area (TPSA) is 85.2 Å². The number of carbonyl (C=O) groups is 1. The molecular formula is C14H13FN6OS. The number of carbonyl (C=O) groups excluding carboxylic acids is 1. The number of nitriles is 1. The molecule has 23 heavy (non-hydrogen) atoms. The second-order valence-electron chi connectivity index (χ2n) is 4.89. The molecule has 2 heterocycles. The van der Waals surface area contributed by atoms with Gasteiger partial charge in [0.05, 0.1) is 5.69 Å². The number of nitrogens with zero attached hydrogens (tertiary/aromatic N) is 5. The van der Waals surface area contributed by atoms with Gasteiger partial charge in [-0.15, -0.1) is 10.2 Å². The highest BCUT2D eigenvalue weighted by Gasteiger charge is 2.24. The van der Waals surface area contributed by atoms with Gasteiger partial charge in [0.15, 0.2) is 0 Å². The van der Waals surface area contributed by atoms with Crippen LogP contribution in [0.5, 0.6) is 0 Å². The maximum absolute atomic E-state index is 13.7. The Bertz CT molecular complexity index is 736. The van der Waals surface area contributed by atoms with Crippen LogP contribution in [0.4, 0.5) is 20.0 Å². The summed E-state index contributed by atoms with van der Waals surface area (Å²) >= 11 is 1.25. The molecule has 1 aliphatic rings. The first-order chi connectivity index (χ1) is 11.2. The zero-order chi connectivity index (χ0) is 16.2. The molecule has 1 aromatic carbocycles. The van der Waals surface area contributed by atoms with Gasteiger partial charge in [0.1, 0.15) is 23.0 Å². The number of urea groups is 1. The molecule has 9 heteroatoms. The zero-order valence-corrected chi connectivity index (χ0v) is 12.9. The van der Waals surface area contributed by atoms with Gasteiger partial charge in [-0.25, -0.2) is 9.18 Å². The molecule has 2 aromatic rings. The molecule has 1 aliphatic heterocycles. The van der Waals surface area contributed by atoms with Crippen molar-refractivity contribution in [3.05, 3.63) is 35.1 Å². The third-order valence-electron chi connectivity index (χ3n) is 3.58. The molecule has 0 atom stereocenters. The zero-order valence-electron chi connectivity index (χ0n) is 12.1. The Kier molecular flexibility index (Phi) is 4.34. The molecule has 3 rings (SSSR count). The van der Waals surface area contributed by atoms with Crippen LogP contribution in [0.2, 0.25) is 0 Å². The highest BCUT2D eigenvalue weighted by atomic mass is 32.1. The minimum absolute atomic E-state index is 0.0410. The molecular weight excluding hydrogens is 319 g/mol. The third-order valence-corrected chi connectivity index (χ3v) is 4.19. The van der Waals surface area contributed by atoms with Gasteiger partial charge in [0, 0.05) is 26.2 Å². The summed E-state index contributed by atoms with van der Waals surface area (Å²) in [6.45, 7) is 2.02. The van der Waals surface area contributed by atoms with E-state index in [4.69, 9.17) is 5.26 Å². The fraction of sp³-hybridized carbons (Fsp3) is 0.286. The highest BCUT2D eigenvalue weighted by Crippen LogP contribution is 2.23. The third kappa shape index (κ3) is 3.22. The molecule has 0 bridgehead atoms. The van der Waals surface area contributed by atoms with E-state index in [2.05, 4.69) is 15.5 Å². The number of rotatable bonds is 2. The number of hydrogen-bond acceptors (Lipinski definition) is 6. The Morgan fingerprint density at radius 3 is 2.78 bits per heavy atom. The first kappa shape index (κ1) is 15.2. The number of amides is 2. The lowest BCUT2D eigenvalue weighted by atomic mass is 10.1. The molecule has 1 aromatic heterocycles. The van der Waals surface area contributed by atoms with Gasteiger partial charge >= 0.3 is 6.03 Å². The predicted molar refractivity (Wildman–Crippen MR) is 83.8 cm³/mol. The van der Waals surface area contributed by atoms with E-state index in [1.807, 2.05) is 11.0 Å². The molecule has 1 fully saturated rings. The van der Waals surface area contributed by atoms with Crippen molar-refractivity contribution in [1.82, 2.24) is 15.1 Å². The van der Waals surface area contributed by atoms with Crippen molar-refractivity contribution in [3.63, 3.8) is 0 Å². The summed E-state index contributed by atoms with van der Waals surface area (Å²) in [5, 5.41) is 19.7. The van der Waals surface area contributed by atoms with Crippen LogP contribution < -0.4 is 10.2 Å². The van der Waals surface area contributed by atoms with Gasteiger partial charge in [-0.3, -0.25) is 5.32 Å². The van der Waals surface area contributed by atoms with Crippen LogP contribution in [0.3, 0.4) is 0 Å². The summed E-state index contributed by atoms with van der Waals surface area (Å²) < 4.78 is 13.7. The van der Waals surface area contributed by atoms with Gasteiger partial charge in [0.25, 0.3) is 0 Å². The van der Waals surface area contributed by atoms with Crippen LogP contribution in [0, 0.1) is 17.1 Å². The van der Waals surface area contributed by atoms with Crippen molar-refractivity contribution < 1.29 is 9.18 Å². The number of nitrogens with one attached hydrogen (secondary N) is 1. The summed E-state index contributed by atoms with van der Waals surface area (Å²) in [5.74, 6) is -0.526. The lowest BCUT2D eigenvalue weighted by Gasteiger charge is -2.36. The molecule has 1 N–H and O–H groups in total. The Labute approximate surface area is 136 Å². The summed E-state index contributed by atoms with van der Waals surface area (Å²) in [7, 11) is 0. The number of benzene rings is 1. The quantitative estimate of drug-likeness (QED) is 0.908. The number of halogens is 1. The SMILES string of the molecule is N#Cc1c(F)cccc1N1CCN(C(=O)Nc2nncs2)CC1. The van der Waals surface area contributed by atoms with E-state index in [9.17, 15) is 9.18 Å². The standard InChI is InChI=1S/C14H13FN6OS/c15-11-2-1-3-12(10(11)8-16)20-4-6-21(7-5-20)14(22)18-13-19-17-9-23-13/h1-3,9H,4-7H2,(H,18,19,22). The van der Waals surface area contributed by atoms with Crippen LogP contribution >= 0.6 is 11.3 Å². The molecule has 7 nitrogen and oxygen atoms in total. The van der Waals surface area contributed by atoms with Gasteiger partial charge < -0.3 is 9.80 Å². The van der Waals surface area contributed by atoms with Gasteiger partial charge in [0.2, 0.25) is 5.13 Å². The summed E-state index contributed by atoms with van der Waals surface area (Å²) in [6, 6.07) is 6.24. The summed E-state index contributed by atoms with van der Waals surface area (Å²) in [6.07, 6.45) is 0. The van der Waals surface area contributed by atoms with E-state index in [-0.39, 0.29) is 11.6 Å². The lowest BCUT2D eigenvalue weighted by Crippen LogP contribution is -2.50. The minimum atomic E-state index is -0.526. The molecule has 0 spiro atoms. The van der Waals surface area contributed by atoms with Gasteiger partial charge in [-0.2, -0.15) is 5.26 Å². The lowest BCUT2D eigenvalue weighted by molar-refractivity contribution is 0.208. The van der Waals surface area contributed by atoms with Crippen molar-refractivity contribution in [2.75, 3.05) is 36.4 Å². The maximum atomic E-state index is 13.7. The van der Waals surface area contributed by atoms with E-state index >= 15 is 0 Å². The van der Waals surface area contributed by atoms with E-state index < -0.39 is 5.82 Å². The minimum Gasteiger partial charge on any atom is -0.367 e. The average molecular weight is 332 g/mol. The Hall–Kier alpha value is -2.73. The van der Waals surface area contributed by atoms with E-state index in [0.717, 1.165) is 0 Å². The van der Waals surface area contributed by atoms with Crippen molar-refractivity contribution >= 4 is 28.2 Å². The molecule has 0 radical (unpaired) electrons. The Balaban J connectivity index is 1.64. The van der Waals surface area contributed by atoms with E-state index in [0.29, 0.717) is 37.0 Å². The average Bonchev–Trinajstić information content (AvgIpc) is 3.07. The second kappa shape index (κ2) is 6.58. The second-order valence-corrected chi connectivity index (χ2v) is 5.73. The Morgan fingerprint density at radius 1 is 1.35 bits per heavy atom. The molecule has 118 valence electrons. The normalized spacial score (nSPS) is 14.4. The largest absolute Gasteiger partial charge is 0.367 e. The first-order valence-electron chi connectivity index (χ1n) is 6.94. The number of piperazine rings is 1. The van der Waals surface area contributed by atoms with Crippen LogP contribution in [-0.4, -0.2) is 47.3 Å². The fourth-order valence-electron chi connectivity index (χ4n) is 2.44. The first-order valence-corrected chi connectivity index (χ1v) is 7.82. The monoisotopic (exact) mass is 332 g/mol.